The minimum atomic E-state index is -0.132. The molecule has 5 heteroatoms. The molecule has 0 aliphatic rings. The number of hydrogen-bond acceptors (Lipinski definition) is 4. The molecular formula is C10H17N3O2. The smallest absolute Gasteiger partial charge is 0.256 e. The monoisotopic (exact) mass is 211 g/mol. The fraction of sp³-hybridized carbons (Fsp3) is 0.600. The van der Waals surface area contributed by atoms with Gasteiger partial charge in [-0.2, -0.15) is 0 Å². The molecule has 5 nitrogen and oxygen atoms in total. The summed E-state index contributed by atoms with van der Waals surface area (Å²) < 4.78 is 4.80. The molecule has 84 valence electrons. The van der Waals surface area contributed by atoms with Gasteiger partial charge in [-0.25, -0.2) is 0 Å². The molecule has 0 bridgehead atoms. The zero-order chi connectivity index (χ0) is 11.1. The van der Waals surface area contributed by atoms with Crippen LogP contribution in [0.2, 0.25) is 0 Å². The minimum absolute atomic E-state index is 0.132. The maximum absolute atomic E-state index is 11.5. The molecule has 0 spiro atoms. The van der Waals surface area contributed by atoms with E-state index in [0.717, 1.165) is 19.5 Å². The molecule has 15 heavy (non-hydrogen) atoms. The predicted octanol–water partition coefficient (Wildman–Crippen LogP) is 0.712. The van der Waals surface area contributed by atoms with Crippen molar-refractivity contribution in [2.75, 3.05) is 19.6 Å². The zero-order valence-corrected chi connectivity index (χ0v) is 9.17. The second kappa shape index (κ2) is 6.19. The van der Waals surface area contributed by atoms with E-state index >= 15 is 0 Å². The van der Waals surface area contributed by atoms with E-state index in [4.69, 9.17) is 4.52 Å². The van der Waals surface area contributed by atoms with E-state index in [2.05, 4.69) is 22.7 Å². The first-order valence-corrected chi connectivity index (χ1v) is 5.16. The van der Waals surface area contributed by atoms with Gasteiger partial charge in [0.05, 0.1) is 6.20 Å². The molecule has 1 aromatic heterocycles. The van der Waals surface area contributed by atoms with Crippen molar-refractivity contribution in [2.45, 2.75) is 20.3 Å². The third-order valence-corrected chi connectivity index (χ3v) is 2.01. The molecule has 0 saturated heterocycles. The number of carbonyl (C=O) groups is 1. The SMILES string of the molecule is CCCNCCNC(=O)c1cnoc1C. The van der Waals surface area contributed by atoms with Crippen LogP contribution in [-0.4, -0.2) is 30.7 Å². The third kappa shape index (κ3) is 3.71. The summed E-state index contributed by atoms with van der Waals surface area (Å²) in [5.41, 5.74) is 0.505. The van der Waals surface area contributed by atoms with Crippen LogP contribution in [0.3, 0.4) is 0 Å². The topological polar surface area (TPSA) is 67.2 Å². The molecule has 0 aliphatic heterocycles. The fourth-order valence-corrected chi connectivity index (χ4v) is 1.18. The quantitative estimate of drug-likeness (QED) is 0.680. The molecule has 0 fully saturated rings. The lowest BCUT2D eigenvalue weighted by atomic mass is 10.2. The van der Waals surface area contributed by atoms with Crippen LogP contribution in [0.25, 0.3) is 0 Å². The molecule has 1 amide bonds. The largest absolute Gasteiger partial charge is 0.361 e. The highest BCUT2D eigenvalue weighted by Crippen LogP contribution is 2.04. The Labute approximate surface area is 89.2 Å². The van der Waals surface area contributed by atoms with Crippen molar-refractivity contribution in [2.24, 2.45) is 0 Å². The van der Waals surface area contributed by atoms with E-state index < -0.39 is 0 Å². The summed E-state index contributed by atoms with van der Waals surface area (Å²) in [5, 5.41) is 9.53. The van der Waals surface area contributed by atoms with E-state index in [0.29, 0.717) is 17.9 Å². The summed E-state index contributed by atoms with van der Waals surface area (Å²) in [4.78, 5) is 11.5. The molecule has 1 aromatic rings. The number of aryl methyl sites for hydroxylation is 1. The van der Waals surface area contributed by atoms with Crippen molar-refractivity contribution in [1.82, 2.24) is 15.8 Å². The van der Waals surface area contributed by atoms with Gasteiger partial charge < -0.3 is 15.2 Å². The van der Waals surface area contributed by atoms with Gasteiger partial charge in [0, 0.05) is 13.1 Å². The van der Waals surface area contributed by atoms with Crippen molar-refractivity contribution in [3.8, 4) is 0 Å². The first kappa shape index (κ1) is 11.7. The van der Waals surface area contributed by atoms with Crippen molar-refractivity contribution < 1.29 is 9.32 Å². The normalized spacial score (nSPS) is 10.3. The summed E-state index contributed by atoms with van der Waals surface area (Å²) in [5.74, 6) is 0.418. The molecule has 1 heterocycles. The first-order chi connectivity index (χ1) is 7.25. The lowest BCUT2D eigenvalue weighted by molar-refractivity contribution is 0.0952. The van der Waals surface area contributed by atoms with Crippen molar-refractivity contribution in [1.29, 1.82) is 0 Å². The molecule has 0 saturated carbocycles. The zero-order valence-electron chi connectivity index (χ0n) is 9.17. The average molecular weight is 211 g/mol. The highest BCUT2D eigenvalue weighted by molar-refractivity contribution is 5.94. The Hall–Kier alpha value is -1.36. The standard InChI is InChI=1S/C10H17N3O2/c1-3-4-11-5-6-12-10(14)9-7-13-15-8(9)2/h7,11H,3-6H2,1-2H3,(H,12,14). The van der Waals surface area contributed by atoms with Gasteiger partial charge in [-0.3, -0.25) is 4.79 Å². The Bertz CT molecular complexity index is 309. The van der Waals surface area contributed by atoms with Crippen LogP contribution in [0.15, 0.2) is 10.7 Å². The van der Waals surface area contributed by atoms with Gasteiger partial charge in [-0.05, 0) is 19.9 Å². The molecule has 0 atom stereocenters. The number of carbonyl (C=O) groups excluding carboxylic acids is 1. The minimum Gasteiger partial charge on any atom is -0.361 e. The molecule has 0 unspecified atom stereocenters. The number of aromatic nitrogens is 1. The molecule has 1 rings (SSSR count). The lowest BCUT2D eigenvalue weighted by Gasteiger charge is -2.04. The van der Waals surface area contributed by atoms with E-state index in [1.54, 1.807) is 6.92 Å². The highest BCUT2D eigenvalue weighted by atomic mass is 16.5. The summed E-state index contributed by atoms with van der Waals surface area (Å²) in [6.45, 7) is 6.19. The second-order valence-corrected chi connectivity index (χ2v) is 3.30. The van der Waals surface area contributed by atoms with Gasteiger partial charge in [0.25, 0.3) is 5.91 Å². The van der Waals surface area contributed by atoms with E-state index in [-0.39, 0.29) is 5.91 Å². The van der Waals surface area contributed by atoms with Crippen molar-refractivity contribution in [3.63, 3.8) is 0 Å². The van der Waals surface area contributed by atoms with E-state index in [1.807, 2.05) is 0 Å². The van der Waals surface area contributed by atoms with Crippen LogP contribution in [0.1, 0.15) is 29.5 Å². The van der Waals surface area contributed by atoms with Gasteiger partial charge in [0.1, 0.15) is 11.3 Å². The summed E-state index contributed by atoms with van der Waals surface area (Å²) in [6.07, 6.45) is 2.53. The van der Waals surface area contributed by atoms with E-state index in [9.17, 15) is 4.79 Å². The second-order valence-electron chi connectivity index (χ2n) is 3.30. The van der Waals surface area contributed by atoms with Crippen molar-refractivity contribution in [3.05, 3.63) is 17.5 Å². The molecular weight excluding hydrogens is 194 g/mol. The number of nitrogens with zero attached hydrogens (tertiary/aromatic N) is 1. The Morgan fingerprint density at radius 2 is 2.27 bits per heavy atom. The van der Waals surface area contributed by atoms with Crippen LogP contribution in [0, 0.1) is 6.92 Å². The van der Waals surface area contributed by atoms with Gasteiger partial charge in [0.2, 0.25) is 0 Å². The third-order valence-electron chi connectivity index (χ3n) is 2.01. The van der Waals surface area contributed by atoms with Crippen LogP contribution in [-0.2, 0) is 0 Å². The Balaban J connectivity index is 2.22. The highest BCUT2D eigenvalue weighted by Gasteiger charge is 2.11. The van der Waals surface area contributed by atoms with Gasteiger partial charge in [0.15, 0.2) is 0 Å². The predicted molar refractivity (Wildman–Crippen MR) is 56.7 cm³/mol. The number of rotatable bonds is 6. The number of amides is 1. The molecule has 0 radical (unpaired) electrons. The van der Waals surface area contributed by atoms with Crippen molar-refractivity contribution >= 4 is 5.91 Å². The molecule has 0 aromatic carbocycles. The van der Waals surface area contributed by atoms with Crippen LogP contribution in [0.4, 0.5) is 0 Å². The maximum Gasteiger partial charge on any atom is 0.256 e. The lowest BCUT2D eigenvalue weighted by Crippen LogP contribution is -2.32. The number of hydrogen-bond donors (Lipinski definition) is 2. The summed E-state index contributed by atoms with van der Waals surface area (Å²) in [7, 11) is 0. The fourth-order valence-electron chi connectivity index (χ4n) is 1.18. The Kier molecular flexibility index (Phi) is 4.83. The number of nitrogens with one attached hydrogen (secondary N) is 2. The van der Waals surface area contributed by atoms with Gasteiger partial charge in [-0.15, -0.1) is 0 Å². The van der Waals surface area contributed by atoms with Gasteiger partial charge >= 0.3 is 0 Å². The molecule has 0 aliphatic carbocycles. The average Bonchev–Trinajstić information content (AvgIpc) is 2.64. The van der Waals surface area contributed by atoms with E-state index in [1.165, 1.54) is 6.20 Å². The van der Waals surface area contributed by atoms with Crippen LogP contribution >= 0.6 is 0 Å². The van der Waals surface area contributed by atoms with Crippen LogP contribution < -0.4 is 10.6 Å². The van der Waals surface area contributed by atoms with Gasteiger partial charge in [-0.1, -0.05) is 12.1 Å². The maximum atomic E-state index is 11.5. The Morgan fingerprint density at radius 3 is 2.87 bits per heavy atom. The molecule has 2 N–H and O–H groups in total. The van der Waals surface area contributed by atoms with Crippen LogP contribution in [0.5, 0.6) is 0 Å². The Morgan fingerprint density at radius 1 is 1.47 bits per heavy atom. The summed E-state index contributed by atoms with van der Waals surface area (Å²) >= 11 is 0. The summed E-state index contributed by atoms with van der Waals surface area (Å²) in [6, 6.07) is 0. The first-order valence-electron chi connectivity index (χ1n) is 5.16.